The number of phenols is 1. The smallest absolute Gasteiger partial charge is 0.269 e. The molecule has 1 unspecified atom stereocenters. The zero-order valence-corrected chi connectivity index (χ0v) is 10.9. The van der Waals surface area contributed by atoms with E-state index in [2.05, 4.69) is 10.6 Å². The third-order valence-electron chi connectivity index (χ3n) is 2.80. The summed E-state index contributed by atoms with van der Waals surface area (Å²) in [7, 11) is 0. The van der Waals surface area contributed by atoms with Gasteiger partial charge in [-0.2, -0.15) is 0 Å². The SMILES string of the molecule is CC1(C=CC(N)=O)NC(=O)C(=Cc2ccc(O)cc2)N1. The van der Waals surface area contributed by atoms with Gasteiger partial charge in [-0.1, -0.05) is 12.1 Å². The standard InChI is InChI=1S/C14H15N3O3/c1-14(7-6-12(15)19)16-11(13(20)17-14)8-9-2-4-10(18)5-3-9/h2-8,16,18H,1H3,(H2,15,19)(H,17,20). The summed E-state index contributed by atoms with van der Waals surface area (Å²) in [6.45, 7) is 1.71. The largest absolute Gasteiger partial charge is 0.508 e. The topological polar surface area (TPSA) is 104 Å². The average molecular weight is 273 g/mol. The molecule has 1 atom stereocenters. The molecule has 1 heterocycles. The molecule has 1 aliphatic rings. The van der Waals surface area contributed by atoms with Gasteiger partial charge in [0, 0.05) is 6.08 Å². The Hall–Kier alpha value is -2.76. The van der Waals surface area contributed by atoms with E-state index in [0.717, 1.165) is 5.56 Å². The third kappa shape index (κ3) is 3.17. The minimum atomic E-state index is -0.852. The predicted molar refractivity (Wildman–Crippen MR) is 74.1 cm³/mol. The van der Waals surface area contributed by atoms with Crippen molar-refractivity contribution in [2.75, 3.05) is 0 Å². The molecule has 0 aliphatic carbocycles. The molecule has 20 heavy (non-hydrogen) atoms. The summed E-state index contributed by atoms with van der Waals surface area (Å²) < 4.78 is 0. The van der Waals surface area contributed by atoms with Crippen molar-refractivity contribution in [2.45, 2.75) is 12.6 Å². The second kappa shape index (κ2) is 5.08. The Labute approximate surface area is 116 Å². The van der Waals surface area contributed by atoms with Crippen molar-refractivity contribution in [1.29, 1.82) is 0 Å². The van der Waals surface area contributed by atoms with Gasteiger partial charge < -0.3 is 21.5 Å². The summed E-state index contributed by atoms with van der Waals surface area (Å²) in [4.78, 5) is 22.6. The summed E-state index contributed by atoms with van der Waals surface area (Å²) in [6.07, 6.45) is 4.33. The molecule has 0 bridgehead atoms. The van der Waals surface area contributed by atoms with Crippen LogP contribution < -0.4 is 16.4 Å². The molecule has 2 rings (SSSR count). The molecule has 0 radical (unpaired) electrons. The first-order valence-electron chi connectivity index (χ1n) is 5.98. The summed E-state index contributed by atoms with van der Waals surface area (Å²) in [6, 6.07) is 6.44. The fourth-order valence-corrected chi connectivity index (χ4v) is 1.84. The first-order chi connectivity index (χ1) is 9.38. The van der Waals surface area contributed by atoms with Crippen LogP contribution in [0.4, 0.5) is 0 Å². The lowest BCUT2D eigenvalue weighted by molar-refractivity contribution is -0.117. The maximum Gasteiger partial charge on any atom is 0.269 e. The van der Waals surface area contributed by atoms with E-state index in [0.29, 0.717) is 5.70 Å². The van der Waals surface area contributed by atoms with Crippen LogP contribution in [-0.2, 0) is 9.59 Å². The van der Waals surface area contributed by atoms with Gasteiger partial charge in [-0.25, -0.2) is 0 Å². The molecule has 0 spiro atoms. The molecule has 6 heteroatoms. The van der Waals surface area contributed by atoms with Crippen LogP contribution in [0.15, 0.2) is 42.1 Å². The van der Waals surface area contributed by atoms with Gasteiger partial charge in [-0.05, 0) is 36.8 Å². The van der Waals surface area contributed by atoms with E-state index in [1.54, 1.807) is 25.1 Å². The minimum absolute atomic E-state index is 0.158. The summed E-state index contributed by atoms with van der Waals surface area (Å²) in [5.41, 5.74) is 5.31. The second-order valence-electron chi connectivity index (χ2n) is 4.67. The monoisotopic (exact) mass is 273 g/mol. The number of nitrogens with one attached hydrogen (secondary N) is 2. The summed E-state index contributed by atoms with van der Waals surface area (Å²) in [5.74, 6) is -0.710. The molecular weight excluding hydrogens is 258 g/mol. The van der Waals surface area contributed by atoms with Crippen LogP contribution in [0.5, 0.6) is 5.75 Å². The van der Waals surface area contributed by atoms with Crippen LogP contribution in [-0.4, -0.2) is 22.6 Å². The Morgan fingerprint density at radius 3 is 2.55 bits per heavy atom. The van der Waals surface area contributed by atoms with Crippen molar-refractivity contribution in [2.24, 2.45) is 5.73 Å². The maximum atomic E-state index is 11.9. The molecular formula is C14H15N3O3. The Balaban J connectivity index is 2.20. The molecule has 1 aliphatic heterocycles. The van der Waals surface area contributed by atoms with Crippen molar-refractivity contribution >= 4 is 17.9 Å². The van der Waals surface area contributed by atoms with E-state index in [-0.39, 0.29) is 11.7 Å². The highest BCUT2D eigenvalue weighted by Gasteiger charge is 2.33. The van der Waals surface area contributed by atoms with Crippen LogP contribution in [0.3, 0.4) is 0 Å². The Bertz CT molecular complexity index is 605. The zero-order valence-electron chi connectivity index (χ0n) is 10.9. The Morgan fingerprint density at radius 2 is 1.95 bits per heavy atom. The zero-order chi connectivity index (χ0) is 14.8. The van der Waals surface area contributed by atoms with Gasteiger partial charge >= 0.3 is 0 Å². The maximum absolute atomic E-state index is 11.9. The molecule has 0 aromatic heterocycles. The normalized spacial score (nSPS) is 23.9. The van der Waals surface area contributed by atoms with Gasteiger partial charge in [-0.15, -0.1) is 0 Å². The van der Waals surface area contributed by atoms with Gasteiger partial charge in [0.1, 0.15) is 17.1 Å². The lowest BCUT2D eigenvalue weighted by Crippen LogP contribution is -2.44. The number of amides is 2. The van der Waals surface area contributed by atoms with E-state index in [4.69, 9.17) is 5.73 Å². The Morgan fingerprint density at radius 1 is 1.30 bits per heavy atom. The van der Waals surface area contributed by atoms with E-state index >= 15 is 0 Å². The highest BCUT2D eigenvalue weighted by Crippen LogP contribution is 2.18. The van der Waals surface area contributed by atoms with Crippen LogP contribution in [0, 0.1) is 0 Å². The summed E-state index contributed by atoms with van der Waals surface area (Å²) >= 11 is 0. The van der Waals surface area contributed by atoms with Crippen molar-refractivity contribution < 1.29 is 14.7 Å². The van der Waals surface area contributed by atoms with Crippen molar-refractivity contribution in [3.05, 3.63) is 47.7 Å². The molecule has 1 aromatic rings. The van der Waals surface area contributed by atoms with Crippen molar-refractivity contribution in [3.8, 4) is 5.75 Å². The molecule has 6 nitrogen and oxygen atoms in total. The Kier molecular flexibility index (Phi) is 3.47. The molecule has 1 aromatic carbocycles. The van der Waals surface area contributed by atoms with Crippen LogP contribution in [0.25, 0.3) is 6.08 Å². The van der Waals surface area contributed by atoms with E-state index < -0.39 is 11.6 Å². The molecule has 1 saturated heterocycles. The summed E-state index contributed by atoms with van der Waals surface area (Å²) in [5, 5.41) is 14.9. The first-order valence-corrected chi connectivity index (χ1v) is 5.98. The number of carbonyl (C=O) groups is 2. The highest BCUT2D eigenvalue weighted by molar-refractivity contribution is 6.00. The molecule has 5 N–H and O–H groups in total. The first kappa shape index (κ1) is 13.7. The number of carbonyl (C=O) groups excluding carboxylic acids is 2. The fourth-order valence-electron chi connectivity index (χ4n) is 1.84. The van der Waals surface area contributed by atoms with Crippen molar-refractivity contribution in [3.63, 3.8) is 0 Å². The predicted octanol–water partition coefficient (Wildman–Crippen LogP) is 0.210. The fraction of sp³-hybridized carbons (Fsp3) is 0.143. The second-order valence-corrected chi connectivity index (χ2v) is 4.67. The number of nitrogens with two attached hydrogens (primary N) is 1. The third-order valence-corrected chi connectivity index (χ3v) is 2.80. The van der Waals surface area contributed by atoms with E-state index in [1.165, 1.54) is 24.3 Å². The molecule has 1 fully saturated rings. The van der Waals surface area contributed by atoms with Crippen LogP contribution in [0.2, 0.25) is 0 Å². The molecule has 0 saturated carbocycles. The minimum Gasteiger partial charge on any atom is -0.508 e. The van der Waals surface area contributed by atoms with Gasteiger partial charge in [0.2, 0.25) is 5.91 Å². The van der Waals surface area contributed by atoms with Gasteiger partial charge in [0.25, 0.3) is 5.91 Å². The van der Waals surface area contributed by atoms with Gasteiger partial charge in [0.15, 0.2) is 0 Å². The number of rotatable bonds is 3. The average Bonchev–Trinajstić information content (AvgIpc) is 2.66. The number of hydrogen-bond acceptors (Lipinski definition) is 4. The number of benzene rings is 1. The van der Waals surface area contributed by atoms with Crippen LogP contribution >= 0.6 is 0 Å². The van der Waals surface area contributed by atoms with Gasteiger partial charge in [0.05, 0.1) is 0 Å². The quantitative estimate of drug-likeness (QED) is 0.591. The highest BCUT2D eigenvalue weighted by atomic mass is 16.3. The molecule has 104 valence electrons. The number of hydrogen-bond donors (Lipinski definition) is 4. The lowest BCUT2D eigenvalue weighted by Gasteiger charge is -2.19. The van der Waals surface area contributed by atoms with Crippen molar-refractivity contribution in [1.82, 2.24) is 10.6 Å². The van der Waals surface area contributed by atoms with E-state index in [1.807, 2.05) is 0 Å². The lowest BCUT2D eigenvalue weighted by atomic mass is 10.1. The number of phenolic OH excluding ortho intramolecular Hbond substituents is 1. The number of primary amides is 1. The van der Waals surface area contributed by atoms with Crippen LogP contribution in [0.1, 0.15) is 12.5 Å². The number of aromatic hydroxyl groups is 1. The molecule has 2 amide bonds. The van der Waals surface area contributed by atoms with E-state index in [9.17, 15) is 14.7 Å². The van der Waals surface area contributed by atoms with Gasteiger partial charge in [-0.3, -0.25) is 9.59 Å².